The zero-order valence-electron chi connectivity index (χ0n) is 15.3. The highest BCUT2D eigenvalue weighted by molar-refractivity contribution is 6.30. The van der Waals surface area contributed by atoms with Crippen LogP contribution in [0.5, 0.6) is 11.5 Å². The van der Waals surface area contributed by atoms with Crippen LogP contribution < -0.4 is 14.9 Å². The summed E-state index contributed by atoms with van der Waals surface area (Å²) in [6.45, 7) is 0.318. The zero-order valence-corrected chi connectivity index (χ0v) is 16.0. The number of carbonyl (C=O) groups is 1. The summed E-state index contributed by atoms with van der Waals surface area (Å²) in [5, 5.41) is 4.69. The first-order valence-electron chi connectivity index (χ1n) is 8.60. The maximum atomic E-state index is 12.1. The molecule has 1 amide bonds. The summed E-state index contributed by atoms with van der Waals surface area (Å²) in [5.74, 6) is 0.809. The summed E-state index contributed by atoms with van der Waals surface area (Å²) in [6.07, 6.45) is 1.52. The van der Waals surface area contributed by atoms with Crippen LogP contribution in [-0.2, 0) is 6.61 Å². The minimum atomic E-state index is -0.291. The second-order valence-electron chi connectivity index (χ2n) is 5.86. The Kier molecular flexibility index (Phi) is 6.65. The lowest BCUT2D eigenvalue weighted by atomic mass is 10.2. The molecule has 28 heavy (non-hydrogen) atoms. The number of amides is 1. The van der Waals surface area contributed by atoms with Crippen molar-refractivity contribution < 1.29 is 14.3 Å². The molecule has 0 aliphatic rings. The molecule has 0 aromatic heterocycles. The number of rotatable bonds is 7. The van der Waals surface area contributed by atoms with E-state index in [0.717, 1.165) is 5.56 Å². The molecular formula is C22H19ClN2O3. The van der Waals surface area contributed by atoms with Crippen LogP contribution in [-0.4, -0.2) is 19.2 Å². The van der Waals surface area contributed by atoms with Crippen molar-refractivity contribution in [1.82, 2.24) is 5.43 Å². The Bertz CT molecular complexity index is 975. The van der Waals surface area contributed by atoms with Crippen LogP contribution in [0, 0.1) is 0 Å². The Balaban J connectivity index is 1.74. The van der Waals surface area contributed by atoms with Crippen LogP contribution in [0.4, 0.5) is 0 Å². The number of ether oxygens (including phenoxy) is 2. The molecule has 3 aromatic rings. The van der Waals surface area contributed by atoms with Crippen molar-refractivity contribution in [2.24, 2.45) is 5.10 Å². The number of nitrogens with zero attached hydrogens (tertiary/aromatic N) is 1. The van der Waals surface area contributed by atoms with Gasteiger partial charge in [-0.1, -0.05) is 48.0 Å². The summed E-state index contributed by atoms with van der Waals surface area (Å²) >= 11 is 6.02. The van der Waals surface area contributed by atoms with Gasteiger partial charge >= 0.3 is 0 Å². The quantitative estimate of drug-likeness (QED) is 0.467. The van der Waals surface area contributed by atoms with Crippen LogP contribution in [0.15, 0.2) is 77.9 Å². The first-order valence-corrected chi connectivity index (χ1v) is 8.98. The fourth-order valence-electron chi connectivity index (χ4n) is 2.55. The Morgan fingerprint density at radius 1 is 1.07 bits per heavy atom. The molecule has 0 aliphatic heterocycles. The van der Waals surface area contributed by atoms with Gasteiger partial charge in [0.15, 0.2) is 11.5 Å². The standard InChI is InChI=1S/C22H19ClN2O3/c1-27-20-12-6-10-18(14-24-25-22(26)17-8-3-2-4-9-17)21(20)28-15-16-7-5-11-19(23)13-16/h2-14H,15H2,1H3,(H,25,26)/b24-14+. The lowest BCUT2D eigenvalue weighted by Crippen LogP contribution is -2.17. The number of carbonyl (C=O) groups excluding carboxylic acids is 1. The summed E-state index contributed by atoms with van der Waals surface area (Å²) in [7, 11) is 1.57. The largest absolute Gasteiger partial charge is 0.493 e. The molecule has 0 bridgehead atoms. The van der Waals surface area contributed by atoms with Crippen LogP contribution >= 0.6 is 11.6 Å². The van der Waals surface area contributed by atoms with E-state index in [9.17, 15) is 4.79 Å². The molecule has 5 nitrogen and oxygen atoms in total. The third-order valence-electron chi connectivity index (χ3n) is 3.91. The lowest BCUT2D eigenvalue weighted by Gasteiger charge is -2.13. The van der Waals surface area contributed by atoms with E-state index < -0.39 is 0 Å². The topological polar surface area (TPSA) is 59.9 Å². The molecule has 6 heteroatoms. The predicted molar refractivity (Wildman–Crippen MR) is 110 cm³/mol. The van der Waals surface area contributed by atoms with Crippen molar-refractivity contribution in [2.45, 2.75) is 6.61 Å². The van der Waals surface area contributed by atoms with E-state index in [2.05, 4.69) is 10.5 Å². The van der Waals surface area contributed by atoms with Gasteiger partial charge in [-0.25, -0.2) is 5.43 Å². The van der Waals surface area contributed by atoms with Crippen LogP contribution in [0.2, 0.25) is 5.02 Å². The van der Waals surface area contributed by atoms with Crippen LogP contribution in [0.3, 0.4) is 0 Å². The van der Waals surface area contributed by atoms with Gasteiger partial charge in [-0.3, -0.25) is 4.79 Å². The average molecular weight is 395 g/mol. The normalized spacial score (nSPS) is 10.6. The molecule has 0 radical (unpaired) electrons. The predicted octanol–water partition coefficient (Wildman–Crippen LogP) is 4.69. The molecule has 1 N–H and O–H groups in total. The first-order chi connectivity index (χ1) is 13.7. The van der Waals surface area contributed by atoms with Gasteiger partial charge in [0.1, 0.15) is 6.61 Å². The molecule has 0 unspecified atom stereocenters. The minimum Gasteiger partial charge on any atom is -0.493 e. The molecule has 0 aliphatic carbocycles. The van der Waals surface area contributed by atoms with Gasteiger partial charge in [-0.2, -0.15) is 5.10 Å². The van der Waals surface area contributed by atoms with E-state index >= 15 is 0 Å². The number of benzene rings is 3. The minimum absolute atomic E-state index is 0.291. The Hall–Kier alpha value is -3.31. The van der Waals surface area contributed by atoms with Crippen molar-refractivity contribution in [3.63, 3.8) is 0 Å². The van der Waals surface area contributed by atoms with E-state index in [4.69, 9.17) is 21.1 Å². The SMILES string of the molecule is COc1cccc(/C=N/NC(=O)c2ccccc2)c1OCc1cccc(Cl)c1. The second-order valence-corrected chi connectivity index (χ2v) is 6.30. The number of nitrogens with one attached hydrogen (secondary N) is 1. The first kappa shape index (κ1) is 19.5. The monoisotopic (exact) mass is 394 g/mol. The Morgan fingerprint density at radius 2 is 1.86 bits per heavy atom. The van der Waals surface area contributed by atoms with Gasteiger partial charge in [-0.05, 0) is 42.0 Å². The number of hydrogen-bond acceptors (Lipinski definition) is 4. The molecular weight excluding hydrogens is 376 g/mol. The average Bonchev–Trinajstić information content (AvgIpc) is 2.73. The number of methoxy groups -OCH3 is 1. The van der Waals surface area contributed by atoms with Crippen molar-refractivity contribution in [1.29, 1.82) is 0 Å². The Labute approximate surface area is 168 Å². The van der Waals surface area contributed by atoms with Gasteiger partial charge in [-0.15, -0.1) is 0 Å². The van der Waals surface area contributed by atoms with Gasteiger partial charge in [0.05, 0.1) is 13.3 Å². The third-order valence-corrected chi connectivity index (χ3v) is 4.14. The summed E-state index contributed by atoms with van der Waals surface area (Å²) in [6, 6.07) is 21.8. The van der Waals surface area contributed by atoms with E-state index in [-0.39, 0.29) is 5.91 Å². The molecule has 3 rings (SSSR count). The van der Waals surface area contributed by atoms with Gasteiger partial charge in [0.2, 0.25) is 0 Å². The van der Waals surface area contributed by atoms with Crippen molar-refractivity contribution in [2.75, 3.05) is 7.11 Å². The van der Waals surface area contributed by atoms with Crippen LogP contribution in [0.25, 0.3) is 0 Å². The number of para-hydroxylation sites is 1. The van der Waals surface area contributed by atoms with E-state index in [0.29, 0.717) is 34.3 Å². The molecule has 0 saturated carbocycles. The van der Waals surface area contributed by atoms with E-state index in [1.807, 2.05) is 42.5 Å². The van der Waals surface area contributed by atoms with E-state index in [1.54, 1.807) is 37.4 Å². The molecule has 0 saturated heterocycles. The number of hydrazone groups is 1. The van der Waals surface area contributed by atoms with Crippen molar-refractivity contribution in [3.05, 3.63) is 94.5 Å². The van der Waals surface area contributed by atoms with Crippen molar-refractivity contribution >= 4 is 23.7 Å². The van der Waals surface area contributed by atoms with Crippen LogP contribution in [0.1, 0.15) is 21.5 Å². The second kappa shape index (κ2) is 9.58. The maximum Gasteiger partial charge on any atom is 0.271 e. The summed E-state index contributed by atoms with van der Waals surface area (Å²) in [4.78, 5) is 12.1. The number of hydrogen-bond donors (Lipinski definition) is 1. The fourth-order valence-corrected chi connectivity index (χ4v) is 2.76. The molecule has 0 fully saturated rings. The smallest absolute Gasteiger partial charge is 0.271 e. The van der Waals surface area contributed by atoms with Gasteiger partial charge in [0.25, 0.3) is 5.91 Å². The lowest BCUT2D eigenvalue weighted by molar-refractivity contribution is 0.0955. The summed E-state index contributed by atoms with van der Waals surface area (Å²) in [5.41, 5.74) is 4.65. The molecule has 0 atom stereocenters. The van der Waals surface area contributed by atoms with Gasteiger partial charge < -0.3 is 9.47 Å². The highest BCUT2D eigenvalue weighted by Crippen LogP contribution is 2.31. The highest BCUT2D eigenvalue weighted by Gasteiger charge is 2.10. The molecule has 3 aromatic carbocycles. The molecule has 0 heterocycles. The Morgan fingerprint density at radius 3 is 2.61 bits per heavy atom. The number of halogens is 1. The maximum absolute atomic E-state index is 12.1. The third kappa shape index (κ3) is 5.11. The van der Waals surface area contributed by atoms with E-state index in [1.165, 1.54) is 6.21 Å². The van der Waals surface area contributed by atoms with Crippen molar-refractivity contribution in [3.8, 4) is 11.5 Å². The fraction of sp³-hybridized carbons (Fsp3) is 0.0909. The molecule has 0 spiro atoms. The highest BCUT2D eigenvalue weighted by atomic mass is 35.5. The summed E-state index contributed by atoms with van der Waals surface area (Å²) < 4.78 is 11.3. The van der Waals surface area contributed by atoms with Gasteiger partial charge in [0, 0.05) is 16.1 Å². The molecule has 142 valence electrons. The zero-order chi connectivity index (χ0) is 19.8.